The molecule has 1 fully saturated rings. The number of nitrogens with one attached hydrogen (secondary N) is 1. The van der Waals surface area contributed by atoms with E-state index in [9.17, 15) is 5.11 Å². The number of amidine groups is 1. The largest absolute Gasteiger partial charge is 0.393 e. The number of nitrogens with two attached hydrogens (primary N) is 1. The summed E-state index contributed by atoms with van der Waals surface area (Å²) in [7, 11) is 0. The number of hydrogen-bond acceptors (Lipinski definition) is 3. The first-order valence-corrected chi connectivity index (χ1v) is 6.47. The third kappa shape index (κ3) is 3.31. The number of aliphatic hydroxyl groups excluding tert-OH is 1. The van der Waals surface area contributed by atoms with E-state index >= 15 is 0 Å². The van der Waals surface area contributed by atoms with Crippen LogP contribution in [0.3, 0.4) is 0 Å². The summed E-state index contributed by atoms with van der Waals surface area (Å²) >= 11 is 0. The number of nitrogens with zero attached hydrogens (tertiary/aromatic N) is 1. The van der Waals surface area contributed by atoms with Gasteiger partial charge in [-0.05, 0) is 18.4 Å². The van der Waals surface area contributed by atoms with Crippen molar-refractivity contribution < 1.29 is 5.11 Å². The Balaban J connectivity index is 2.12. The average molecular weight is 247 g/mol. The molecule has 1 heterocycles. The zero-order valence-corrected chi connectivity index (χ0v) is 10.5. The topological polar surface area (TPSA) is 73.3 Å². The number of likely N-dealkylation sites (tertiary alicyclic amines) is 1. The van der Waals surface area contributed by atoms with Gasteiger partial charge < -0.3 is 10.8 Å². The molecule has 1 aliphatic heterocycles. The van der Waals surface area contributed by atoms with Crippen LogP contribution in [0.15, 0.2) is 30.3 Å². The van der Waals surface area contributed by atoms with E-state index in [4.69, 9.17) is 11.1 Å². The standard InChI is InChI=1S/C14H21N3O/c15-14(16)10-13(11-4-2-1-3-5-11)17-8-6-12(18)7-9-17/h1-5,12-13,18H,6-10H2,(H3,15,16). The smallest absolute Gasteiger partial charge is 0.0924 e. The lowest BCUT2D eigenvalue weighted by atomic mass is 9.98. The summed E-state index contributed by atoms with van der Waals surface area (Å²) in [6.45, 7) is 1.74. The fourth-order valence-electron chi connectivity index (χ4n) is 2.54. The van der Waals surface area contributed by atoms with Gasteiger partial charge in [0.2, 0.25) is 0 Å². The maximum Gasteiger partial charge on any atom is 0.0924 e. The van der Waals surface area contributed by atoms with Gasteiger partial charge in [0.15, 0.2) is 0 Å². The molecule has 1 aromatic rings. The number of benzene rings is 1. The van der Waals surface area contributed by atoms with E-state index in [1.54, 1.807) is 0 Å². The predicted molar refractivity (Wildman–Crippen MR) is 72.5 cm³/mol. The van der Waals surface area contributed by atoms with Crippen LogP contribution in [-0.4, -0.2) is 35.0 Å². The van der Waals surface area contributed by atoms with Gasteiger partial charge in [-0.1, -0.05) is 30.3 Å². The Hall–Kier alpha value is -1.39. The van der Waals surface area contributed by atoms with Gasteiger partial charge in [0.05, 0.1) is 11.9 Å². The van der Waals surface area contributed by atoms with Crippen molar-refractivity contribution in [2.24, 2.45) is 5.73 Å². The lowest BCUT2D eigenvalue weighted by Crippen LogP contribution is -2.39. The fourth-order valence-corrected chi connectivity index (χ4v) is 2.54. The molecule has 0 aliphatic carbocycles. The van der Waals surface area contributed by atoms with Crippen molar-refractivity contribution in [3.8, 4) is 0 Å². The van der Waals surface area contributed by atoms with Crippen molar-refractivity contribution in [3.05, 3.63) is 35.9 Å². The van der Waals surface area contributed by atoms with Gasteiger partial charge in [-0.25, -0.2) is 0 Å². The highest BCUT2D eigenvalue weighted by atomic mass is 16.3. The lowest BCUT2D eigenvalue weighted by Gasteiger charge is -2.36. The summed E-state index contributed by atoms with van der Waals surface area (Å²) in [6.07, 6.45) is 2.00. The average Bonchev–Trinajstić information content (AvgIpc) is 2.38. The predicted octanol–water partition coefficient (Wildman–Crippen LogP) is 1.51. The zero-order valence-electron chi connectivity index (χ0n) is 10.5. The van der Waals surface area contributed by atoms with E-state index in [1.807, 2.05) is 18.2 Å². The first-order chi connectivity index (χ1) is 8.66. The van der Waals surface area contributed by atoms with E-state index in [-0.39, 0.29) is 18.0 Å². The Morgan fingerprint density at radius 2 is 1.94 bits per heavy atom. The molecule has 1 saturated heterocycles. The molecule has 2 rings (SSSR count). The molecule has 0 radical (unpaired) electrons. The highest BCUT2D eigenvalue weighted by Crippen LogP contribution is 2.27. The van der Waals surface area contributed by atoms with Crippen LogP contribution in [0.4, 0.5) is 0 Å². The van der Waals surface area contributed by atoms with Crippen molar-refractivity contribution in [1.29, 1.82) is 5.41 Å². The molecule has 0 saturated carbocycles. The minimum Gasteiger partial charge on any atom is -0.393 e. The quantitative estimate of drug-likeness (QED) is 0.558. The first-order valence-electron chi connectivity index (χ1n) is 6.47. The van der Waals surface area contributed by atoms with Crippen molar-refractivity contribution in [2.45, 2.75) is 31.4 Å². The Labute approximate surface area is 108 Å². The summed E-state index contributed by atoms with van der Waals surface area (Å²) in [6, 6.07) is 10.4. The van der Waals surface area contributed by atoms with Gasteiger partial charge in [0.25, 0.3) is 0 Å². The SMILES string of the molecule is N=C(N)CC(c1ccccc1)N1CCC(O)CC1. The minimum atomic E-state index is -0.171. The van der Waals surface area contributed by atoms with Crippen LogP contribution in [-0.2, 0) is 0 Å². The van der Waals surface area contributed by atoms with Crippen LogP contribution < -0.4 is 5.73 Å². The van der Waals surface area contributed by atoms with E-state index in [0.29, 0.717) is 6.42 Å². The summed E-state index contributed by atoms with van der Waals surface area (Å²) in [5, 5.41) is 17.1. The highest BCUT2D eigenvalue weighted by molar-refractivity contribution is 5.77. The lowest BCUT2D eigenvalue weighted by molar-refractivity contribution is 0.0618. The Kier molecular flexibility index (Phi) is 4.33. The molecule has 0 spiro atoms. The number of aliphatic hydroxyl groups is 1. The molecule has 1 unspecified atom stereocenters. The van der Waals surface area contributed by atoms with Gasteiger partial charge >= 0.3 is 0 Å². The second kappa shape index (κ2) is 5.98. The Morgan fingerprint density at radius 3 is 2.50 bits per heavy atom. The van der Waals surface area contributed by atoms with Gasteiger partial charge in [0.1, 0.15) is 0 Å². The van der Waals surface area contributed by atoms with E-state index < -0.39 is 0 Å². The summed E-state index contributed by atoms with van der Waals surface area (Å²) in [4.78, 5) is 2.32. The molecule has 4 heteroatoms. The summed E-state index contributed by atoms with van der Waals surface area (Å²) < 4.78 is 0. The van der Waals surface area contributed by atoms with Crippen molar-refractivity contribution >= 4 is 5.84 Å². The molecular weight excluding hydrogens is 226 g/mol. The third-order valence-corrected chi connectivity index (χ3v) is 3.54. The van der Waals surface area contributed by atoms with Gasteiger partial charge in [-0.15, -0.1) is 0 Å². The van der Waals surface area contributed by atoms with Gasteiger partial charge in [-0.3, -0.25) is 10.3 Å². The van der Waals surface area contributed by atoms with Crippen LogP contribution >= 0.6 is 0 Å². The molecule has 98 valence electrons. The second-order valence-electron chi connectivity index (χ2n) is 4.92. The maximum absolute atomic E-state index is 9.57. The molecule has 0 bridgehead atoms. The monoisotopic (exact) mass is 247 g/mol. The molecule has 0 amide bonds. The minimum absolute atomic E-state index is 0.163. The summed E-state index contributed by atoms with van der Waals surface area (Å²) in [5.41, 5.74) is 6.77. The van der Waals surface area contributed by atoms with Crippen LogP contribution in [0.25, 0.3) is 0 Å². The fraction of sp³-hybridized carbons (Fsp3) is 0.500. The number of hydrogen-bond donors (Lipinski definition) is 3. The molecule has 1 aromatic carbocycles. The van der Waals surface area contributed by atoms with E-state index in [1.165, 1.54) is 5.56 Å². The van der Waals surface area contributed by atoms with Crippen LogP contribution in [0.2, 0.25) is 0 Å². The van der Waals surface area contributed by atoms with Gasteiger partial charge in [-0.2, -0.15) is 0 Å². The van der Waals surface area contributed by atoms with Crippen molar-refractivity contribution in [3.63, 3.8) is 0 Å². The molecular formula is C14H21N3O. The Bertz CT molecular complexity index is 385. The maximum atomic E-state index is 9.57. The van der Waals surface area contributed by atoms with Crippen LogP contribution in [0, 0.1) is 5.41 Å². The number of piperidine rings is 1. The number of rotatable bonds is 4. The molecule has 4 nitrogen and oxygen atoms in total. The second-order valence-corrected chi connectivity index (χ2v) is 4.92. The Morgan fingerprint density at radius 1 is 1.33 bits per heavy atom. The van der Waals surface area contributed by atoms with Gasteiger partial charge in [0, 0.05) is 25.6 Å². The normalized spacial score (nSPS) is 19.6. The molecule has 0 aromatic heterocycles. The van der Waals surface area contributed by atoms with Crippen molar-refractivity contribution in [1.82, 2.24) is 4.90 Å². The third-order valence-electron chi connectivity index (χ3n) is 3.54. The first kappa shape index (κ1) is 13.1. The zero-order chi connectivity index (χ0) is 13.0. The van der Waals surface area contributed by atoms with Crippen molar-refractivity contribution in [2.75, 3.05) is 13.1 Å². The van der Waals surface area contributed by atoms with E-state index in [0.717, 1.165) is 25.9 Å². The highest BCUT2D eigenvalue weighted by Gasteiger charge is 2.25. The molecule has 4 N–H and O–H groups in total. The van der Waals surface area contributed by atoms with Crippen LogP contribution in [0.1, 0.15) is 30.9 Å². The summed E-state index contributed by atoms with van der Waals surface area (Å²) in [5.74, 6) is 0.218. The molecule has 1 aliphatic rings. The molecule has 1 atom stereocenters. The van der Waals surface area contributed by atoms with E-state index in [2.05, 4.69) is 17.0 Å². The molecule has 18 heavy (non-hydrogen) atoms. The van der Waals surface area contributed by atoms with Crippen LogP contribution in [0.5, 0.6) is 0 Å².